The fourth-order valence-electron chi connectivity index (χ4n) is 0.668. The summed E-state index contributed by atoms with van der Waals surface area (Å²) in [5, 5.41) is 16.5. The molecule has 0 spiro atoms. The normalized spacial score (nSPS) is 9.77. The van der Waals surface area contributed by atoms with Crippen LogP contribution in [0.1, 0.15) is 5.69 Å². The SMILES string of the molecule is Cc1ncccc1OOB(O)OO. The van der Waals surface area contributed by atoms with Gasteiger partial charge in [0, 0.05) is 6.20 Å². The molecule has 0 aliphatic rings. The largest absolute Gasteiger partial charge is 0.703 e. The van der Waals surface area contributed by atoms with Crippen LogP contribution in [0.25, 0.3) is 0 Å². The van der Waals surface area contributed by atoms with Gasteiger partial charge in [0.2, 0.25) is 0 Å². The minimum Gasteiger partial charge on any atom is -0.398 e. The summed E-state index contributed by atoms with van der Waals surface area (Å²) in [6.07, 6.45) is 1.58. The van der Waals surface area contributed by atoms with E-state index in [1.54, 1.807) is 25.3 Å². The summed E-state index contributed by atoms with van der Waals surface area (Å²) in [5.41, 5.74) is 0.590. The lowest BCUT2D eigenvalue weighted by Crippen LogP contribution is -2.23. The maximum Gasteiger partial charge on any atom is 0.703 e. The predicted molar refractivity (Wildman–Crippen MR) is 42.4 cm³/mol. The van der Waals surface area contributed by atoms with Gasteiger partial charge >= 0.3 is 7.32 Å². The minimum absolute atomic E-state index is 0.332. The molecule has 7 heteroatoms. The Hall–Kier alpha value is -1.15. The molecule has 0 fully saturated rings. The Labute approximate surface area is 74.7 Å². The van der Waals surface area contributed by atoms with Gasteiger partial charge in [-0.1, -0.05) is 0 Å². The molecule has 0 aromatic carbocycles. The molecule has 13 heavy (non-hydrogen) atoms. The van der Waals surface area contributed by atoms with Gasteiger partial charge in [0.1, 0.15) is 0 Å². The summed E-state index contributed by atoms with van der Waals surface area (Å²) < 4.78 is 0. The van der Waals surface area contributed by atoms with Gasteiger partial charge in [-0.3, -0.25) is 10.2 Å². The highest BCUT2D eigenvalue weighted by molar-refractivity contribution is 6.33. The molecule has 0 atom stereocenters. The highest BCUT2D eigenvalue weighted by Gasteiger charge is 2.18. The fraction of sp³-hybridized carbons (Fsp3) is 0.167. The van der Waals surface area contributed by atoms with Crippen LogP contribution in [0.4, 0.5) is 0 Å². The van der Waals surface area contributed by atoms with Crippen LogP contribution < -0.4 is 4.89 Å². The first-order valence-corrected chi connectivity index (χ1v) is 3.47. The zero-order chi connectivity index (χ0) is 9.68. The third-order valence-corrected chi connectivity index (χ3v) is 1.27. The van der Waals surface area contributed by atoms with Crippen molar-refractivity contribution in [1.82, 2.24) is 4.98 Å². The van der Waals surface area contributed by atoms with Gasteiger partial charge in [0.05, 0.1) is 5.69 Å². The Morgan fingerprint density at radius 2 is 2.31 bits per heavy atom. The lowest BCUT2D eigenvalue weighted by Gasteiger charge is -2.05. The van der Waals surface area contributed by atoms with E-state index in [4.69, 9.17) is 10.3 Å². The maximum atomic E-state index is 8.57. The van der Waals surface area contributed by atoms with Crippen molar-refractivity contribution in [3.05, 3.63) is 24.0 Å². The summed E-state index contributed by atoms with van der Waals surface area (Å²) in [6.45, 7) is 1.70. The Kier molecular flexibility index (Phi) is 3.65. The van der Waals surface area contributed by atoms with Gasteiger partial charge in [0.15, 0.2) is 5.75 Å². The number of rotatable bonds is 4. The van der Waals surface area contributed by atoms with Crippen molar-refractivity contribution in [2.75, 3.05) is 0 Å². The summed E-state index contributed by atoms with van der Waals surface area (Å²) in [4.78, 5) is 16.1. The molecule has 0 bridgehead atoms. The van der Waals surface area contributed by atoms with E-state index >= 15 is 0 Å². The molecular weight excluding hydrogens is 177 g/mol. The monoisotopic (exact) mass is 185 g/mol. The third-order valence-electron chi connectivity index (χ3n) is 1.27. The minimum atomic E-state index is -1.83. The molecule has 0 radical (unpaired) electrons. The first-order valence-electron chi connectivity index (χ1n) is 3.47. The number of hydrogen-bond acceptors (Lipinski definition) is 6. The van der Waals surface area contributed by atoms with Gasteiger partial charge in [-0.15, -0.1) is 0 Å². The van der Waals surface area contributed by atoms with Crippen molar-refractivity contribution in [2.45, 2.75) is 6.92 Å². The van der Waals surface area contributed by atoms with Gasteiger partial charge in [0.25, 0.3) is 0 Å². The van der Waals surface area contributed by atoms with Gasteiger partial charge in [-0.25, -0.2) is 4.81 Å². The summed E-state index contributed by atoms with van der Waals surface area (Å²) >= 11 is 0. The zero-order valence-corrected chi connectivity index (χ0v) is 6.88. The highest BCUT2D eigenvalue weighted by atomic mass is 17.3. The lowest BCUT2D eigenvalue weighted by atomic mass is 10.3. The fourth-order valence-corrected chi connectivity index (χ4v) is 0.668. The van der Waals surface area contributed by atoms with Crippen LogP contribution in [-0.2, 0) is 9.61 Å². The van der Waals surface area contributed by atoms with Gasteiger partial charge < -0.3 is 9.91 Å². The summed E-state index contributed by atoms with van der Waals surface area (Å²) in [5.74, 6) is 0.332. The quantitative estimate of drug-likeness (QED) is 0.395. The third kappa shape index (κ3) is 3.00. The highest BCUT2D eigenvalue weighted by Crippen LogP contribution is 2.13. The second-order valence-electron chi connectivity index (χ2n) is 2.18. The Balaban J connectivity index is 2.50. The van der Waals surface area contributed by atoms with Crippen LogP contribution in [-0.4, -0.2) is 22.6 Å². The molecule has 1 aromatic rings. The lowest BCUT2D eigenvalue weighted by molar-refractivity contribution is -0.229. The van der Waals surface area contributed by atoms with Crippen molar-refractivity contribution < 1.29 is 24.8 Å². The van der Waals surface area contributed by atoms with Crippen molar-refractivity contribution in [3.63, 3.8) is 0 Å². The molecule has 1 heterocycles. The van der Waals surface area contributed by atoms with Crippen LogP contribution in [0.2, 0.25) is 0 Å². The first kappa shape index (κ1) is 9.94. The van der Waals surface area contributed by atoms with Crippen molar-refractivity contribution >= 4 is 7.32 Å². The predicted octanol–water partition coefficient (Wildman–Crippen LogP) is 0.167. The van der Waals surface area contributed by atoms with Crippen molar-refractivity contribution in [2.24, 2.45) is 0 Å². The average Bonchev–Trinajstić information content (AvgIpc) is 2.16. The molecule has 0 saturated heterocycles. The second-order valence-corrected chi connectivity index (χ2v) is 2.18. The molecule has 2 N–H and O–H groups in total. The number of pyridine rings is 1. The van der Waals surface area contributed by atoms with Crippen LogP contribution >= 0.6 is 0 Å². The summed E-state index contributed by atoms with van der Waals surface area (Å²) in [6, 6.07) is 3.23. The van der Waals surface area contributed by atoms with E-state index < -0.39 is 7.32 Å². The molecule has 6 nitrogen and oxygen atoms in total. The van der Waals surface area contributed by atoms with E-state index in [-0.39, 0.29) is 0 Å². The van der Waals surface area contributed by atoms with E-state index in [0.29, 0.717) is 11.4 Å². The molecule has 0 saturated carbocycles. The average molecular weight is 185 g/mol. The smallest absolute Gasteiger partial charge is 0.398 e. The second kappa shape index (κ2) is 4.78. The van der Waals surface area contributed by atoms with Crippen LogP contribution in [0.3, 0.4) is 0 Å². The van der Waals surface area contributed by atoms with E-state index in [2.05, 4.69) is 19.5 Å². The first-order chi connectivity index (χ1) is 6.24. The Morgan fingerprint density at radius 3 is 2.92 bits per heavy atom. The van der Waals surface area contributed by atoms with Crippen LogP contribution in [0.15, 0.2) is 18.3 Å². The molecular formula is C6H8BNO5. The van der Waals surface area contributed by atoms with Crippen LogP contribution in [0.5, 0.6) is 5.75 Å². The van der Waals surface area contributed by atoms with E-state index in [9.17, 15) is 0 Å². The molecule has 70 valence electrons. The topological polar surface area (TPSA) is 81.0 Å². The summed E-state index contributed by atoms with van der Waals surface area (Å²) in [7, 11) is -1.83. The molecule has 1 rings (SSSR count). The van der Waals surface area contributed by atoms with Crippen LogP contribution in [0, 0.1) is 6.92 Å². The van der Waals surface area contributed by atoms with E-state index in [0.717, 1.165) is 0 Å². The van der Waals surface area contributed by atoms with Crippen molar-refractivity contribution in [3.8, 4) is 5.75 Å². The van der Waals surface area contributed by atoms with E-state index in [1.807, 2.05) is 0 Å². The standard InChI is InChI=1S/C6H8BNO5/c1-5-6(3-2-4-8-5)11-13-7(9)12-10/h2-4,9-10H,1H3. The van der Waals surface area contributed by atoms with Crippen molar-refractivity contribution in [1.29, 1.82) is 0 Å². The maximum absolute atomic E-state index is 8.57. The van der Waals surface area contributed by atoms with Gasteiger partial charge in [-0.05, 0) is 19.1 Å². The molecule has 0 amide bonds. The number of nitrogens with zero attached hydrogens (tertiary/aromatic N) is 1. The molecule has 0 aliphatic heterocycles. The van der Waals surface area contributed by atoms with E-state index in [1.165, 1.54) is 0 Å². The van der Waals surface area contributed by atoms with Gasteiger partial charge in [-0.2, -0.15) is 4.81 Å². The number of aromatic nitrogens is 1. The molecule has 1 aromatic heterocycles. The zero-order valence-electron chi connectivity index (χ0n) is 6.88. The molecule has 0 unspecified atom stereocenters. The molecule has 0 aliphatic carbocycles. The Morgan fingerprint density at radius 1 is 1.54 bits per heavy atom. The number of hydrogen-bond donors (Lipinski definition) is 2. The number of aryl methyl sites for hydroxylation is 1. The Bertz CT molecular complexity index is 271.